The van der Waals surface area contributed by atoms with Crippen molar-refractivity contribution in [2.24, 2.45) is 0 Å². The van der Waals surface area contributed by atoms with Crippen LogP contribution in [-0.4, -0.2) is 19.0 Å². The number of amides is 1. The Morgan fingerprint density at radius 3 is 2.93 bits per heavy atom. The lowest BCUT2D eigenvalue weighted by atomic mass is 10.3. The van der Waals surface area contributed by atoms with Gasteiger partial charge in [-0.25, -0.2) is 0 Å². The molecule has 0 radical (unpaired) electrons. The van der Waals surface area contributed by atoms with Crippen LogP contribution >= 0.6 is 11.6 Å². The van der Waals surface area contributed by atoms with Gasteiger partial charge in [-0.3, -0.25) is 4.79 Å². The zero-order valence-corrected chi connectivity index (χ0v) is 8.77. The van der Waals surface area contributed by atoms with Crippen LogP contribution in [0.15, 0.2) is 24.3 Å². The highest BCUT2D eigenvalue weighted by Gasteiger charge is 2.00. The highest BCUT2D eigenvalue weighted by Crippen LogP contribution is 2.14. The van der Waals surface area contributed by atoms with Gasteiger partial charge in [-0.05, 0) is 24.7 Å². The highest BCUT2D eigenvalue weighted by atomic mass is 35.5. The van der Waals surface area contributed by atoms with Crippen LogP contribution in [0.2, 0.25) is 5.02 Å². The second-order valence-electron chi connectivity index (χ2n) is 2.84. The van der Waals surface area contributed by atoms with E-state index in [1.165, 1.54) is 0 Å². The topological polar surface area (TPSA) is 41.1 Å². The summed E-state index contributed by atoms with van der Waals surface area (Å²) in [5.74, 6) is -0.0610. The molecule has 0 aliphatic rings. The first kappa shape index (κ1) is 11.0. The Hall–Kier alpha value is -1.06. The van der Waals surface area contributed by atoms with Gasteiger partial charge in [-0.2, -0.15) is 0 Å². The summed E-state index contributed by atoms with van der Waals surface area (Å²) in [6.07, 6.45) is 0. The van der Waals surface area contributed by atoms with E-state index in [2.05, 4.69) is 10.6 Å². The minimum absolute atomic E-state index is 0.0610. The summed E-state index contributed by atoms with van der Waals surface area (Å²) in [7, 11) is 0. The molecule has 0 unspecified atom stereocenters. The van der Waals surface area contributed by atoms with Gasteiger partial charge in [0.25, 0.3) is 0 Å². The predicted octanol–water partition coefficient (Wildman–Crippen LogP) is 1.89. The summed E-state index contributed by atoms with van der Waals surface area (Å²) in [4.78, 5) is 11.3. The van der Waals surface area contributed by atoms with Crippen LogP contribution in [0.3, 0.4) is 0 Å². The third-order valence-electron chi connectivity index (χ3n) is 1.64. The van der Waals surface area contributed by atoms with E-state index in [1.807, 2.05) is 6.92 Å². The second-order valence-corrected chi connectivity index (χ2v) is 3.28. The van der Waals surface area contributed by atoms with Crippen molar-refractivity contribution in [3.8, 4) is 0 Å². The first-order valence-corrected chi connectivity index (χ1v) is 4.86. The molecule has 0 aliphatic carbocycles. The molecule has 3 nitrogen and oxygen atoms in total. The van der Waals surface area contributed by atoms with E-state index < -0.39 is 0 Å². The average molecular weight is 213 g/mol. The minimum Gasteiger partial charge on any atom is -0.325 e. The van der Waals surface area contributed by atoms with Gasteiger partial charge in [0.15, 0.2) is 0 Å². The summed E-state index contributed by atoms with van der Waals surface area (Å²) in [5.41, 5.74) is 0.723. The predicted molar refractivity (Wildman–Crippen MR) is 58.6 cm³/mol. The van der Waals surface area contributed by atoms with E-state index in [4.69, 9.17) is 11.6 Å². The van der Waals surface area contributed by atoms with E-state index in [9.17, 15) is 4.79 Å². The fourth-order valence-corrected chi connectivity index (χ4v) is 1.20. The summed E-state index contributed by atoms with van der Waals surface area (Å²) >= 11 is 5.77. The molecule has 1 aromatic rings. The Morgan fingerprint density at radius 2 is 2.29 bits per heavy atom. The van der Waals surface area contributed by atoms with E-state index in [1.54, 1.807) is 24.3 Å². The molecule has 0 aromatic heterocycles. The third kappa shape index (κ3) is 3.77. The molecule has 0 spiro atoms. The Balaban J connectivity index is 2.47. The Kier molecular flexibility index (Phi) is 4.43. The number of halogens is 1. The maximum absolute atomic E-state index is 11.3. The van der Waals surface area contributed by atoms with Crippen LogP contribution < -0.4 is 10.6 Å². The standard InChI is InChI=1S/C10H13ClN2O/c1-2-12-7-10(14)13-9-5-3-4-8(11)6-9/h3-6,12H,2,7H2,1H3,(H,13,14). The molecule has 1 amide bonds. The number of hydrogen-bond donors (Lipinski definition) is 2. The molecule has 0 saturated carbocycles. The fraction of sp³-hybridized carbons (Fsp3) is 0.300. The Bertz CT molecular complexity index is 315. The summed E-state index contributed by atoms with van der Waals surface area (Å²) < 4.78 is 0. The van der Waals surface area contributed by atoms with Gasteiger partial charge in [-0.15, -0.1) is 0 Å². The van der Waals surface area contributed by atoms with E-state index in [0.29, 0.717) is 11.6 Å². The van der Waals surface area contributed by atoms with Gasteiger partial charge in [0.1, 0.15) is 0 Å². The maximum Gasteiger partial charge on any atom is 0.238 e. The van der Waals surface area contributed by atoms with Crippen molar-refractivity contribution < 1.29 is 4.79 Å². The lowest BCUT2D eigenvalue weighted by molar-refractivity contribution is -0.115. The number of rotatable bonds is 4. The molecule has 0 saturated heterocycles. The summed E-state index contributed by atoms with van der Waals surface area (Å²) in [6.45, 7) is 3.05. The van der Waals surface area contributed by atoms with E-state index in [0.717, 1.165) is 12.2 Å². The quantitative estimate of drug-likeness (QED) is 0.801. The van der Waals surface area contributed by atoms with Crippen molar-refractivity contribution in [2.75, 3.05) is 18.4 Å². The zero-order chi connectivity index (χ0) is 10.4. The van der Waals surface area contributed by atoms with Gasteiger partial charge in [0, 0.05) is 10.7 Å². The van der Waals surface area contributed by atoms with E-state index in [-0.39, 0.29) is 5.91 Å². The molecule has 2 N–H and O–H groups in total. The maximum atomic E-state index is 11.3. The molecule has 1 aromatic carbocycles. The first-order chi connectivity index (χ1) is 6.72. The number of benzene rings is 1. The number of likely N-dealkylation sites (N-methyl/N-ethyl adjacent to an activating group) is 1. The number of anilines is 1. The van der Waals surface area contributed by atoms with Gasteiger partial charge in [-0.1, -0.05) is 24.6 Å². The van der Waals surface area contributed by atoms with Gasteiger partial charge < -0.3 is 10.6 Å². The van der Waals surface area contributed by atoms with Crippen LogP contribution in [0.5, 0.6) is 0 Å². The SMILES string of the molecule is CCNCC(=O)Nc1cccc(Cl)c1. The molecule has 0 aliphatic heterocycles. The third-order valence-corrected chi connectivity index (χ3v) is 1.88. The molecular weight excluding hydrogens is 200 g/mol. The summed E-state index contributed by atoms with van der Waals surface area (Å²) in [6, 6.07) is 7.08. The van der Waals surface area contributed by atoms with E-state index >= 15 is 0 Å². The largest absolute Gasteiger partial charge is 0.325 e. The number of carbonyl (C=O) groups excluding carboxylic acids is 1. The lowest BCUT2D eigenvalue weighted by Gasteiger charge is -2.05. The van der Waals surface area contributed by atoms with Crippen LogP contribution in [0.1, 0.15) is 6.92 Å². The molecule has 4 heteroatoms. The minimum atomic E-state index is -0.0610. The molecule has 0 fully saturated rings. The molecule has 14 heavy (non-hydrogen) atoms. The molecule has 1 rings (SSSR count). The van der Waals surface area contributed by atoms with Crippen molar-refractivity contribution in [3.05, 3.63) is 29.3 Å². The van der Waals surface area contributed by atoms with Crippen molar-refractivity contribution in [1.82, 2.24) is 5.32 Å². The fourth-order valence-electron chi connectivity index (χ4n) is 1.01. The van der Waals surface area contributed by atoms with Crippen LogP contribution in [0.4, 0.5) is 5.69 Å². The van der Waals surface area contributed by atoms with Crippen molar-refractivity contribution in [2.45, 2.75) is 6.92 Å². The first-order valence-electron chi connectivity index (χ1n) is 4.48. The monoisotopic (exact) mass is 212 g/mol. The highest BCUT2D eigenvalue weighted by molar-refractivity contribution is 6.30. The number of carbonyl (C=O) groups is 1. The Morgan fingerprint density at radius 1 is 1.50 bits per heavy atom. The summed E-state index contributed by atoms with van der Waals surface area (Å²) in [5, 5.41) is 6.29. The number of hydrogen-bond acceptors (Lipinski definition) is 2. The smallest absolute Gasteiger partial charge is 0.238 e. The van der Waals surface area contributed by atoms with Crippen molar-refractivity contribution in [1.29, 1.82) is 0 Å². The second kappa shape index (κ2) is 5.62. The number of nitrogens with one attached hydrogen (secondary N) is 2. The van der Waals surface area contributed by atoms with Crippen LogP contribution in [0, 0.1) is 0 Å². The molecule has 76 valence electrons. The zero-order valence-electron chi connectivity index (χ0n) is 8.01. The van der Waals surface area contributed by atoms with Crippen molar-refractivity contribution >= 4 is 23.2 Å². The normalized spacial score (nSPS) is 9.86. The lowest BCUT2D eigenvalue weighted by Crippen LogP contribution is -2.27. The Labute approximate surface area is 88.5 Å². The van der Waals surface area contributed by atoms with Gasteiger partial charge >= 0.3 is 0 Å². The average Bonchev–Trinajstić information content (AvgIpc) is 2.15. The molecule has 0 bridgehead atoms. The van der Waals surface area contributed by atoms with Gasteiger partial charge in [0.2, 0.25) is 5.91 Å². The molecular formula is C10H13ClN2O. The molecule has 0 heterocycles. The van der Waals surface area contributed by atoms with Crippen LogP contribution in [0.25, 0.3) is 0 Å². The van der Waals surface area contributed by atoms with Crippen molar-refractivity contribution in [3.63, 3.8) is 0 Å². The van der Waals surface area contributed by atoms with Crippen LogP contribution in [-0.2, 0) is 4.79 Å². The van der Waals surface area contributed by atoms with Gasteiger partial charge in [0.05, 0.1) is 6.54 Å². The molecule has 0 atom stereocenters.